The maximum atomic E-state index is 12.7. The number of nitrogens with zero attached hydrogens (tertiary/aromatic N) is 2. The number of aromatic nitrogens is 1. The van der Waals surface area contributed by atoms with Crippen molar-refractivity contribution in [2.75, 3.05) is 16.7 Å². The molecule has 1 aromatic heterocycles. The topological polar surface area (TPSA) is 62.3 Å². The van der Waals surface area contributed by atoms with Crippen LogP contribution in [0.15, 0.2) is 35.4 Å². The minimum atomic E-state index is -3.58. The molecule has 3 rings (SSSR count). The molecular formula is C14H15N3O2S. The highest BCUT2D eigenvalue weighted by molar-refractivity contribution is 7.93. The van der Waals surface area contributed by atoms with Gasteiger partial charge in [0.2, 0.25) is 0 Å². The number of rotatable bonds is 0. The van der Waals surface area contributed by atoms with Crippen molar-refractivity contribution in [3.63, 3.8) is 0 Å². The fraction of sp³-hybridized carbons (Fsp3) is 0.214. The van der Waals surface area contributed by atoms with Crippen molar-refractivity contribution >= 4 is 27.2 Å². The van der Waals surface area contributed by atoms with Crippen molar-refractivity contribution < 1.29 is 8.42 Å². The van der Waals surface area contributed by atoms with Crippen LogP contribution in [0, 0.1) is 13.8 Å². The highest BCUT2D eigenvalue weighted by Gasteiger charge is 2.30. The molecule has 0 amide bonds. The van der Waals surface area contributed by atoms with Crippen molar-refractivity contribution in [3.8, 4) is 0 Å². The van der Waals surface area contributed by atoms with E-state index in [0.29, 0.717) is 17.2 Å². The lowest BCUT2D eigenvalue weighted by Gasteiger charge is -2.18. The van der Waals surface area contributed by atoms with Crippen LogP contribution in [-0.4, -0.2) is 20.4 Å². The second kappa shape index (κ2) is 4.21. The second-order valence-corrected chi connectivity index (χ2v) is 6.84. The molecule has 2 aromatic rings. The average molecular weight is 289 g/mol. The van der Waals surface area contributed by atoms with Crippen LogP contribution in [0.5, 0.6) is 0 Å². The summed E-state index contributed by atoms with van der Waals surface area (Å²) < 4.78 is 26.7. The van der Waals surface area contributed by atoms with Crippen LogP contribution in [0.2, 0.25) is 0 Å². The molecule has 0 spiro atoms. The molecular weight excluding hydrogens is 274 g/mol. The Kier molecular flexibility index (Phi) is 2.72. The molecule has 1 aromatic carbocycles. The van der Waals surface area contributed by atoms with E-state index in [-0.39, 0.29) is 4.90 Å². The summed E-state index contributed by atoms with van der Waals surface area (Å²) in [5.74, 6) is 0.542. The summed E-state index contributed by atoms with van der Waals surface area (Å²) in [6, 6.07) is 7.01. The zero-order valence-electron chi connectivity index (χ0n) is 11.5. The maximum absolute atomic E-state index is 12.7. The number of hydrogen-bond donors (Lipinski definition) is 1. The van der Waals surface area contributed by atoms with E-state index in [1.165, 1.54) is 4.31 Å². The van der Waals surface area contributed by atoms with Gasteiger partial charge in [-0.1, -0.05) is 0 Å². The van der Waals surface area contributed by atoms with Gasteiger partial charge in [0.25, 0.3) is 10.0 Å². The number of nitrogens with one attached hydrogen (secondary N) is 1. The molecule has 0 aliphatic carbocycles. The minimum absolute atomic E-state index is 0.279. The molecule has 0 radical (unpaired) electrons. The van der Waals surface area contributed by atoms with E-state index >= 15 is 0 Å². The lowest BCUT2D eigenvalue weighted by molar-refractivity contribution is 0.595. The van der Waals surface area contributed by atoms with Gasteiger partial charge < -0.3 is 5.32 Å². The third-order valence-electron chi connectivity index (χ3n) is 3.61. The summed E-state index contributed by atoms with van der Waals surface area (Å²) in [6.45, 7) is 3.86. The Balaban J connectivity index is 2.35. The molecule has 0 atom stereocenters. The van der Waals surface area contributed by atoms with Crippen LogP contribution in [0.3, 0.4) is 0 Å². The molecule has 5 nitrogen and oxygen atoms in total. The standard InChI is InChI=1S/C14H15N3O2S/c1-9-7-11-13(8-10(9)2)20(18,19)17(3)12-5-4-6-15-14(12)16-11/h4-8H,1-3H3,(H,15,16). The quantitative estimate of drug-likeness (QED) is 0.809. The van der Waals surface area contributed by atoms with E-state index in [4.69, 9.17) is 0 Å². The third-order valence-corrected chi connectivity index (χ3v) is 5.42. The van der Waals surface area contributed by atoms with Crippen molar-refractivity contribution in [1.82, 2.24) is 4.98 Å². The van der Waals surface area contributed by atoms with Gasteiger partial charge in [-0.05, 0) is 49.2 Å². The lowest BCUT2D eigenvalue weighted by Crippen LogP contribution is -2.26. The van der Waals surface area contributed by atoms with Crippen molar-refractivity contribution in [3.05, 3.63) is 41.6 Å². The Hall–Kier alpha value is -2.08. The summed E-state index contributed by atoms with van der Waals surface area (Å²) in [6.07, 6.45) is 1.64. The molecule has 1 aliphatic rings. The monoisotopic (exact) mass is 289 g/mol. The normalized spacial score (nSPS) is 15.8. The highest BCUT2D eigenvalue weighted by Crippen LogP contribution is 2.38. The molecule has 20 heavy (non-hydrogen) atoms. The minimum Gasteiger partial charge on any atom is -0.337 e. The van der Waals surface area contributed by atoms with Gasteiger partial charge in [-0.25, -0.2) is 13.4 Å². The van der Waals surface area contributed by atoms with Crippen molar-refractivity contribution in [2.45, 2.75) is 18.7 Å². The predicted octanol–water partition coefficient (Wildman–Crippen LogP) is 2.58. The first-order valence-electron chi connectivity index (χ1n) is 6.23. The SMILES string of the molecule is Cc1cc2c(cc1C)S(=O)(=O)N(C)c1cccnc1N2. The first-order valence-corrected chi connectivity index (χ1v) is 7.67. The van der Waals surface area contributed by atoms with Gasteiger partial charge in [0.15, 0.2) is 5.82 Å². The third kappa shape index (κ3) is 1.76. The van der Waals surface area contributed by atoms with Gasteiger partial charge in [0.05, 0.1) is 11.4 Å². The van der Waals surface area contributed by atoms with Gasteiger partial charge in [0.1, 0.15) is 4.90 Å². The summed E-state index contributed by atoms with van der Waals surface area (Å²) in [7, 11) is -2.04. The Morgan fingerprint density at radius 3 is 2.65 bits per heavy atom. The number of sulfonamides is 1. The molecule has 0 bridgehead atoms. The molecule has 0 fully saturated rings. The van der Waals surface area contributed by atoms with Crippen LogP contribution in [-0.2, 0) is 10.0 Å². The number of pyridine rings is 1. The number of aryl methyl sites for hydroxylation is 2. The average Bonchev–Trinajstić information content (AvgIpc) is 2.48. The molecule has 1 aliphatic heterocycles. The van der Waals surface area contributed by atoms with Crippen LogP contribution >= 0.6 is 0 Å². The van der Waals surface area contributed by atoms with E-state index in [9.17, 15) is 8.42 Å². The zero-order chi connectivity index (χ0) is 14.5. The number of anilines is 3. The summed E-state index contributed by atoms with van der Waals surface area (Å²) >= 11 is 0. The van der Waals surface area contributed by atoms with Gasteiger partial charge in [-0.15, -0.1) is 0 Å². The number of fused-ring (bicyclic) bond motifs is 2. The van der Waals surface area contributed by atoms with Gasteiger partial charge in [0, 0.05) is 13.2 Å². The molecule has 6 heteroatoms. The van der Waals surface area contributed by atoms with Gasteiger partial charge >= 0.3 is 0 Å². The largest absolute Gasteiger partial charge is 0.337 e. The van der Waals surface area contributed by atoms with Crippen molar-refractivity contribution in [2.24, 2.45) is 0 Å². The van der Waals surface area contributed by atoms with Gasteiger partial charge in [-0.3, -0.25) is 4.31 Å². The predicted molar refractivity (Wildman–Crippen MR) is 79.0 cm³/mol. The first-order chi connectivity index (χ1) is 9.41. The van der Waals surface area contributed by atoms with Crippen LogP contribution < -0.4 is 9.62 Å². The summed E-state index contributed by atoms with van der Waals surface area (Å²) in [4.78, 5) is 4.51. The Morgan fingerprint density at radius 2 is 1.90 bits per heavy atom. The van der Waals surface area contributed by atoms with E-state index < -0.39 is 10.0 Å². The second-order valence-electron chi connectivity index (χ2n) is 4.90. The molecule has 0 saturated carbocycles. The fourth-order valence-corrected chi connectivity index (χ4v) is 3.67. The molecule has 0 saturated heterocycles. The summed E-state index contributed by atoms with van der Waals surface area (Å²) in [5.41, 5.74) is 3.09. The van der Waals surface area contributed by atoms with E-state index in [0.717, 1.165) is 11.1 Å². The highest BCUT2D eigenvalue weighted by atomic mass is 32.2. The number of benzene rings is 1. The Morgan fingerprint density at radius 1 is 1.20 bits per heavy atom. The molecule has 1 N–H and O–H groups in total. The van der Waals surface area contributed by atoms with Crippen LogP contribution in [0.25, 0.3) is 0 Å². The van der Waals surface area contributed by atoms with E-state index in [1.807, 2.05) is 19.9 Å². The van der Waals surface area contributed by atoms with E-state index in [2.05, 4.69) is 10.3 Å². The first kappa shape index (κ1) is 12.9. The zero-order valence-corrected chi connectivity index (χ0v) is 12.3. The maximum Gasteiger partial charge on any atom is 0.266 e. The Labute approximate surface area is 118 Å². The number of hydrogen-bond acceptors (Lipinski definition) is 4. The molecule has 0 unspecified atom stereocenters. The van der Waals surface area contributed by atoms with Crippen molar-refractivity contribution in [1.29, 1.82) is 0 Å². The van der Waals surface area contributed by atoms with E-state index in [1.54, 1.807) is 31.4 Å². The lowest BCUT2D eigenvalue weighted by atomic mass is 10.1. The smallest absolute Gasteiger partial charge is 0.266 e. The fourth-order valence-electron chi connectivity index (χ4n) is 2.25. The molecule has 2 heterocycles. The molecule has 104 valence electrons. The van der Waals surface area contributed by atoms with Crippen LogP contribution in [0.1, 0.15) is 11.1 Å². The summed E-state index contributed by atoms with van der Waals surface area (Å²) in [5, 5.41) is 3.13. The van der Waals surface area contributed by atoms with Gasteiger partial charge in [-0.2, -0.15) is 0 Å². The van der Waals surface area contributed by atoms with Crippen LogP contribution in [0.4, 0.5) is 17.2 Å². The Bertz CT molecular complexity index is 800.